The highest BCUT2D eigenvalue weighted by Gasteiger charge is 2.34. The number of methoxy groups -OCH3 is 1. The number of Topliss-reactive ketones (excluding diaryl/α,β-unsaturated/α-hetero) is 1. The van der Waals surface area contributed by atoms with E-state index in [2.05, 4.69) is 0 Å². The van der Waals surface area contributed by atoms with E-state index in [0.29, 0.717) is 55.8 Å². The molecule has 0 bridgehead atoms. The molecule has 5 rings (SSSR count). The summed E-state index contributed by atoms with van der Waals surface area (Å²) >= 11 is 0. The number of ketones is 1. The molecule has 0 spiro atoms. The molecule has 3 aliphatic rings. The quantitative estimate of drug-likeness (QED) is 0.690. The number of carbonyl (C=O) groups is 2. The molecule has 2 aliphatic heterocycles. The van der Waals surface area contributed by atoms with E-state index in [1.165, 1.54) is 0 Å². The molecule has 1 saturated carbocycles. The number of amides is 1. The zero-order valence-electron chi connectivity index (χ0n) is 17.6. The molecule has 0 N–H and O–H groups in total. The zero-order valence-corrected chi connectivity index (χ0v) is 17.6. The molecule has 0 aromatic heterocycles. The first-order valence-corrected chi connectivity index (χ1v) is 10.8. The molecule has 1 amide bonds. The van der Waals surface area contributed by atoms with Crippen molar-refractivity contribution >= 4 is 17.4 Å². The van der Waals surface area contributed by atoms with Crippen LogP contribution in [0.5, 0.6) is 17.2 Å². The molecule has 7 heteroatoms. The summed E-state index contributed by atoms with van der Waals surface area (Å²) in [5, 5.41) is 0. The van der Waals surface area contributed by atoms with Crippen molar-refractivity contribution in [2.75, 3.05) is 38.3 Å². The number of hydrogen-bond acceptors (Lipinski definition) is 6. The third-order valence-corrected chi connectivity index (χ3v) is 6.07. The summed E-state index contributed by atoms with van der Waals surface area (Å²) in [4.78, 5) is 30.0. The summed E-state index contributed by atoms with van der Waals surface area (Å²) in [6.45, 7) is 2.23. The number of anilines is 1. The highest BCUT2D eigenvalue weighted by Crippen LogP contribution is 2.35. The molecular formula is C24H26N2O5. The van der Waals surface area contributed by atoms with Crippen molar-refractivity contribution < 1.29 is 23.8 Å². The molecule has 0 atom stereocenters. The Hall–Kier alpha value is -3.22. The fourth-order valence-electron chi connectivity index (χ4n) is 4.25. The molecule has 1 fully saturated rings. The molecule has 1 aliphatic carbocycles. The minimum atomic E-state index is -0.0224. The molecule has 162 valence electrons. The van der Waals surface area contributed by atoms with Crippen LogP contribution in [0.1, 0.15) is 35.2 Å². The predicted molar refractivity (Wildman–Crippen MR) is 115 cm³/mol. The van der Waals surface area contributed by atoms with Crippen LogP contribution in [0.2, 0.25) is 0 Å². The second-order valence-corrected chi connectivity index (χ2v) is 8.20. The lowest BCUT2D eigenvalue weighted by atomic mass is 10.1. The Bertz CT molecular complexity index is 1020. The number of fused-ring (bicyclic) bond motifs is 2. The van der Waals surface area contributed by atoms with E-state index in [1.807, 2.05) is 28.0 Å². The standard InChI is InChI=1S/C24H26N2O5/c1-29-19-5-6-20-17(12-19)14-26(18-3-4-18)24(28)8-9-25(20)15-21(27)16-2-7-22-23(13-16)31-11-10-30-22/h2,5-7,12-13,18H,3-4,8-11,14-15H2,1H3. The summed E-state index contributed by atoms with van der Waals surface area (Å²) in [5.41, 5.74) is 2.56. The first-order valence-electron chi connectivity index (χ1n) is 10.8. The van der Waals surface area contributed by atoms with Gasteiger partial charge in [0.05, 0.1) is 13.7 Å². The molecule has 2 aromatic rings. The van der Waals surface area contributed by atoms with E-state index < -0.39 is 0 Å². The summed E-state index contributed by atoms with van der Waals surface area (Å²) in [6.07, 6.45) is 2.53. The van der Waals surface area contributed by atoms with Gasteiger partial charge in [0.15, 0.2) is 17.3 Å². The van der Waals surface area contributed by atoms with Crippen molar-refractivity contribution in [3.63, 3.8) is 0 Å². The van der Waals surface area contributed by atoms with Crippen molar-refractivity contribution in [2.45, 2.75) is 31.8 Å². The maximum absolute atomic E-state index is 13.1. The van der Waals surface area contributed by atoms with Gasteiger partial charge in [-0.2, -0.15) is 0 Å². The lowest BCUT2D eigenvalue weighted by molar-refractivity contribution is -0.132. The first-order chi connectivity index (χ1) is 15.1. The molecule has 0 unspecified atom stereocenters. The smallest absolute Gasteiger partial charge is 0.224 e. The Kier molecular flexibility index (Phi) is 5.18. The minimum absolute atomic E-state index is 0.0224. The van der Waals surface area contributed by atoms with Crippen LogP contribution in [0.4, 0.5) is 5.69 Å². The second kappa shape index (κ2) is 8.13. The van der Waals surface area contributed by atoms with Gasteiger partial charge >= 0.3 is 0 Å². The maximum Gasteiger partial charge on any atom is 0.224 e. The van der Waals surface area contributed by atoms with E-state index in [-0.39, 0.29) is 18.2 Å². The lowest BCUT2D eigenvalue weighted by Gasteiger charge is -2.33. The fraction of sp³-hybridized carbons (Fsp3) is 0.417. The van der Waals surface area contributed by atoms with Gasteiger partial charge < -0.3 is 24.0 Å². The minimum Gasteiger partial charge on any atom is -0.497 e. The van der Waals surface area contributed by atoms with Crippen molar-refractivity contribution in [1.82, 2.24) is 4.90 Å². The topological polar surface area (TPSA) is 68.3 Å². The molecule has 2 heterocycles. The van der Waals surface area contributed by atoms with Gasteiger partial charge in [0, 0.05) is 36.8 Å². The number of nitrogens with zero attached hydrogens (tertiary/aromatic N) is 2. The van der Waals surface area contributed by atoms with E-state index in [9.17, 15) is 9.59 Å². The predicted octanol–water partition coefficient (Wildman–Crippen LogP) is 3.05. The molecule has 2 aromatic carbocycles. The Morgan fingerprint density at radius 2 is 1.90 bits per heavy atom. The van der Waals surface area contributed by atoms with Gasteiger partial charge in [0.1, 0.15) is 19.0 Å². The van der Waals surface area contributed by atoms with E-state index in [0.717, 1.165) is 29.8 Å². The number of rotatable bonds is 5. The molecular weight excluding hydrogens is 396 g/mol. The Balaban J connectivity index is 1.42. The van der Waals surface area contributed by atoms with Crippen molar-refractivity contribution in [1.29, 1.82) is 0 Å². The second-order valence-electron chi connectivity index (χ2n) is 8.20. The van der Waals surface area contributed by atoms with Gasteiger partial charge in [0.2, 0.25) is 5.91 Å². The lowest BCUT2D eigenvalue weighted by Crippen LogP contribution is -2.40. The summed E-state index contributed by atoms with van der Waals surface area (Å²) < 4.78 is 16.6. The highest BCUT2D eigenvalue weighted by molar-refractivity contribution is 6.00. The normalized spacial score (nSPS) is 18.2. The Morgan fingerprint density at radius 1 is 1.10 bits per heavy atom. The molecule has 7 nitrogen and oxygen atoms in total. The average molecular weight is 422 g/mol. The van der Waals surface area contributed by atoms with Gasteiger partial charge in [-0.1, -0.05) is 0 Å². The Morgan fingerprint density at radius 3 is 2.68 bits per heavy atom. The van der Waals surface area contributed by atoms with E-state index in [4.69, 9.17) is 14.2 Å². The zero-order chi connectivity index (χ0) is 21.4. The number of ether oxygens (including phenoxy) is 3. The van der Waals surface area contributed by atoms with Crippen LogP contribution in [0.3, 0.4) is 0 Å². The fourth-order valence-corrected chi connectivity index (χ4v) is 4.25. The van der Waals surface area contributed by atoms with E-state index in [1.54, 1.807) is 25.3 Å². The first kappa shape index (κ1) is 19.7. The summed E-state index contributed by atoms with van der Waals surface area (Å²) in [6, 6.07) is 11.5. The van der Waals surface area contributed by atoms with Crippen LogP contribution in [0.15, 0.2) is 36.4 Å². The monoisotopic (exact) mass is 422 g/mol. The number of benzene rings is 2. The van der Waals surface area contributed by atoms with Gasteiger partial charge in [-0.15, -0.1) is 0 Å². The van der Waals surface area contributed by atoms with Gasteiger partial charge in [-0.25, -0.2) is 0 Å². The third kappa shape index (κ3) is 4.04. The average Bonchev–Trinajstić information content (AvgIpc) is 3.63. The van der Waals surface area contributed by atoms with Crippen LogP contribution in [0, 0.1) is 0 Å². The SMILES string of the molecule is COc1ccc2c(c1)CN(C1CC1)C(=O)CCN2CC(=O)c1ccc2c(c1)OCCO2. The maximum atomic E-state index is 13.1. The van der Waals surface area contributed by atoms with Gasteiger partial charge in [0.25, 0.3) is 0 Å². The van der Waals surface area contributed by atoms with Crippen molar-refractivity contribution in [3.05, 3.63) is 47.5 Å². The summed E-state index contributed by atoms with van der Waals surface area (Å²) in [5.74, 6) is 2.14. The van der Waals surface area contributed by atoms with Crippen LogP contribution in [-0.2, 0) is 11.3 Å². The molecule has 31 heavy (non-hydrogen) atoms. The van der Waals surface area contributed by atoms with Crippen molar-refractivity contribution in [2.24, 2.45) is 0 Å². The highest BCUT2D eigenvalue weighted by atomic mass is 16.6. The van der Waals surface area contributed by atoms with Crippen LogP contribution < -0.4 is 19.1 Å². The van der Waals surface area contributed by atoms with Crippen molar-refractivity contribution in [3.8, 4) is 17.2 Å². The van der Waals surface area contributed by atoms with Crippen LogP contribution in [-0.4, -0.2) is 56.0 Å². The molecule has 0 radical (unpaired) electrons. The van der Waals surface area contributed by atoms with Gasteiger partial charge in [-0.05, 0) is 54.8 Å². The van der Waals surface area contributed by atoms with Crippen LogP contribution >= 0.6 is 0 Å². The largest absolute Gasteiger partial charge is 0.497 e. The van der Waals surface area contributed by atoms with Gasteiger partial charge in [-0.3, -0.25) is 9.59 Å². The number of carbonyl (C=O) groups excluding carboxylic acids is 2. The number of hydrogen-bond donors (Lipinski definition) is 0. The Labute approximate surface area is 181 Å². The van der Waals surface area contributed by atoms with E-state index >= 15 is 0 Å². The molecule has 0 saturated heterocycles. The summed E-state index contributed by atoms with van der Waals surface area (Å²) in [7, 11) is 1.64. The third-order valence-electron chi connectivity index (χ3n) is 6.07. The van der Waals surface area contributed by atoms with Crippen LogP contribution in [0.25, 0.3) is 0 Å².